The van der Waals surface area contributed by atoms with Crippen LogP contribution in [0.25, 0.3) is 0 Å². The summed E-state index contributed by atoms with van der Waals surface area (Å²) >= 11 is 1.15. The lowest BCUT2D eigenvalue weighted by Crippen LogP contribution is -2.09. The molecular weight excluding hydrogens is 213 g/mol. The number of nitrogens with zero attached hydrogens (tertiary/aromatic N) is 2. The third kappa shape index (κ3) is 2.17. The van der Waals surface area contributed by atoms with E-state index in [9.17, 15) is 13.2 Å². The van der Waals surface area contributed by atoms with Crippen LogP contribution in [0.3, 0.4) is 0 Å². The van der Waals surface area contributed by atoms with E-state index in [-0.39, 0.29) is 0 Å². The van der Waals surface area contributed by atoms with Crippen molar-refractivity contribution in [3.8, 4) is 6.07 Å². The molecule has 0 amide bonds. The fourth-order valence-electron chi connectivity index (χ4n) is 0.862. The highest BCUT2D eigenvalue weighted by Gasteiger charge is 2.34. The maximum Gasteiger partial charge on any atom is 0.419 e. The number of pyridine rings is 1. The summed E-state index contributed by atoms with van der Waals surface area (Å²) in [5.41, 5.74) is -1.57. The van der Waals surface area contributed by atoms with Crippen LogP contribution in [-0.4, -0.2) is 11.2 Å². The summed E-state index contributed by atoms with van der Waals surface area (Å²) in [6, 6.07) is 2.34. The fourth-order valence-corrected chi connectivity index (χ4v) is 1.26. The monoisotopic (exact) mass is 218 g/mol. The minimum atomic E-state index is -4.52. The van der Waals surface area contributed by atoms with Gasteiger partial charge < -0.3 is 0 Å². The van der Waals surface area contributed by atoms with Gasteiger partial charge in [0.25, 0.3) is 0 Å². The Morgan fingerprint density at radius 3 is 2.57 bits per heavy atom. The first kappa shape index (κ1) is 10.9. The zero-order valence-corrected chi connectivity index (χ0v) is 7.91. The maximum absolute atomic E-state index is 12.4. The molecule has 0 radical (unpaired) electrons. The summed E-state index contributed by atoms with van der Waals surface area (Å²) in [4.78, 5) is 3.82. The topological polar surface area (TPSA) is 36.7 Å². The van der Waals surface area contributed by atoms with Crippen LogP contribution >= 0.6 is 11.8 Å². The van der Waals surface area contributed by atoms with Gasteiger partial charge in [-0.05, 0) is 12.3 Å². The molecule has 1 rings (SSSR count). The van der Waals surface area contributed by atoms with E-state index in [1.54, 1.807) is 6.26 Å². The molecule has 0 saturated heterocycles. The van der Waals surface area contributed by atoms with E-state index in [1.165, 1.54) is 12.3 Å². The number of thioether (sulfide) groups is 1. The van der Waals surface area contributed by atoms with Crippen molar-refractivity contribution in [1.29, 1.82) is 5.26 Å². The van der Waals surface area contributed by atoms with Gasteiger partial charge in [0.2, 0.25) is 0 Å². The molecule has 0 aliphatic rings. The van der Waals surface area contributed by atoms with E-state index < -0.39 is 17.4 Å². The number of nitriles is 1. The van der Waals surface area contributed by atoms with Gasteiger partial charge in [-0.25, -0.2) is 4.98 Å². The molecule has 6 heteroatoms. The molecule has 0 N–H and O–H groups in total. The zero-order valence-electron chi connectivity index (χ0n) is 7.09. The second-order valence-corrected chi connectivity index (χ2v) is 3.26. The first-order valence-electron chi connectivity index (χ1n) is 3.50. The Morgan fingerprint density at radius 1 is 1.50 bits per heavy atom. The molecule has 0 aromatic carbocycles. The highest BCUT2D eigenvalue weighted by molar-refractivity contribution is 7.98. The fraction of sp³-hybridized carbons (Fsp3) is 0.250. The SMILES string of the molecule is CSc1cnc(C#N)c(C(F)(F)F)c1. The lowest BCUT2D eigenvalue weighted by Gasteiger charge is -2.08. The van der Waals surface area contributed by atoms with Crippen molar-refractivity contribution in [2.45, 2.75) is 11.1 Å². The molecule has 0 fully saturated rings. The Hall–Kier alpha value is -1.22. The van der Waals surface area contributed by atoms with Crippen LogP contribution in [0.1, 0.15) is 11.3 Å². The van der Waals surface area contributed by atoms with Crippen molar-refractivity contribution >= 4 is 11.8 Å². The zero-order chi connectivity index (χ0) is 10.8. The van der Waals surface area contributed by atoms with Crippen molar-refractivity contribution in [2.24, 2.45) is 0 Å². The smallest absolute Gasteiger partial charge is 0.244 e. The van der Waals surface area contributed by atoms with E-state index >= 15 is 0 Å². The second-order valence-electron chi connectivity index (χ2n) is 2.38. The molecule has 0 spiro atoms. The molecule has 0 atom stereocenters. The van der Waals surface area contributed by atoms with Gasteiger partial charge in [0.05, 0.1) is 5.56 Å². The van der Waals surface area contributed by atoms with Crippen LogP contribution in [0.15, 0.2) is 17.2 Å². The molecule has 1 aromatic heterocycles. The van der Waals surface area contributed by atoms with E-state index in [0.29, 0.717) is 4.90 Å². The highest BCUT2D eigenvalue weighted by atomic mass is 32.2. The molecule has 0 aliphatic heterocycles. The highest BCUT2D eigenvalue weighted by Crippen LogP contribution is 2.32. The Labute approximate surface area is 82.8 Å². The van der Waals surface area contributed by atoms with Crippen molar-refractivity contribution < 1.29 is 13.2 Å². The molecule has 1 heterocycles. The average Bonchev–Trinajstić information content (AvgIpc) is 2.15. The molecule has 0 bridgehead atoms. The van der Waals surface area contributed by atoms with E-state index in [4.69, 9.17) is 5.26 Å². The second kappa shape index (κ2) is 3.88. The molecule has 1 aromatic rings. The number of aromatic nitrogens is 1. The average molecular weight is 218 g/mol. The molecule has 0 aliphatic carbocycles. The van der Waals surface area contributed by atoms with Crippen molar-refractivity contribution in [3.63, 3.8) is 0 Å². The number of rotatable bonds is 1. The summed E-state index contributed by atoms with van der Waals surface area (Å²) in [7, 11) is 0. The van der Waals surface area contributed by atoms with Crippen LogP contribution in [0, 0.1) is 11.3 Å². The third-order valence-corrected chi connectivity index (χ3v) is 2.20. The summed E-state index contributed by atoms with van der Waals surface area (Å²) in [5, 5.41) is 8.43. The molecule has 74 valence electrons. The van der Waals surface area contributed by atoms with E-state index in [2.05, 4.69) is 4.98 Å². The van der Waals surface area contributed by atoms with Gasteiger partial charge in [-0.15, -0.1) is 11.8 Å². The van der Waals surface area contributed by atoms with Gasteiger partial charge >= 0.3 is 6.18 Å². The molecule has 2 nitrogen and oxygen atoms in total. The summed E-state index contributed by atoms with van der Waals surface area (Å²) in [5.74, 6) is 0. The summed E-state index contributed by atoms with van der Waals surface area (Å²) in [6.45, 7) is 0. The number of hydrogen-bond acceptors (Lipinski definition) is 3. The van der Waals surface area contributed by atoms with Crippen LogP contribution in [0.2, 0.25) is 0 Å². The third-order valence-electron chi connectivity index (χ3n) is 1.51. The predicted octanol–water partition coefficient (Wildman–Crippen LogP) is 2.69. The van der Waals surface area contributed by atoms with Crippen LogP contribution in [-0.2, 0) is 6.18 Å². The standard InChI is InChI=1S/C8H5F3N2S/c1-14-5-2-6(8(9,10)11)7(3-12)13-4-5/h2,4H,1H3. The van der Waals surface area contributed by atoms with Crippen LogP contribution < -0.4 is 0 Å². The molecule has 0 unspecified atom stereocenters. The van der Waals surface area contributed by atoms with Crippen molar-refractivity contribution in [2.75, 3.05) is 6.26 Å². The maximum atomic E-state index is 12.4. The van der Waals surface area contributed by atoms with E-state index in [1.807, 2.05) is 0 Å². The largest absolute Gasteiger partial charge is 0.419 e. The predicted molar refractivity (Wildman–Crippen MR) is 45.7 cm³/mol. The van der Waals surface area contributed by atoms with Crippen molar-refractivity contribution in [1.82, 2.24) is 4.98 Å². The van der Waals surface area contributed by atoms with Gasteiger partial charge in [-0.3, -0.25) is 0 Å². The van der Waals surface area contributed by atoms with E-state index in [0.717, 1.165) is 17.8 Å². The van der Waals surface area contributed by atoms with Gasteiger partial charge in [0.1, 0.15) is 6.07 Å². The normalized spacial score (nSPS) is 11.1. The Bertz CT molecular complexity index is 381. The van der Waals surface area contributed by atoms with Crippen LogP contribution in [0.5, 0.6) is 0 Å². The van der Waals surface area contributed by atoms with Gasteiger partial charge in [0.15, 0.2) is 5.69 Å². The Kier molecular flexibility index (Phi) is 3.01. The van der Waals surface area contributed by atoms with Crippen LogP contribution in [0.4, 0.5) is 13.2 Å². The van der Waals surface area contributed by atoms with Gasteiger partial charge in [-0.2, -0.15) is 18.4 Å². The minimum absolute atomic E-state index is 0.385. The lowest BCUT2D eigenvalue weighted by atomic mass is 10.2. The first-order chi connectivity index (χ1) is 6.49. The Morgan fingerprint density at radius 2 is 2.14 bits per heavy atom. The lowest BCUT2D eigenvalue weighted by molar-refractivity contribution is -0.138. The number of halogens is 3. The molecule has 0 saturated carbocycles. The first-order valence-corrected chi connectivity index (χ1v) is 4.73. The van der Waals surface area contributed by atoms with Crippen molar-refractivity contribution in [3.05, 3.63) is 23.5 Å². The molecule has 14 heavy (non-hydrogen) atoms. The summed E-state index contributed by atoms with van der Waals surface area (Å²) in [6.07, 6.45) is -1.63. The molecular formula is C8H5F3N2S. The van der Waals surface area contributed by atoms with Gasteiger partial charge in [0, 0.05) is 11.1 Å². The minimum Gasteiger partial charge on any atom is -0.244 e. The quantitative estimate of drug-likeness (QED) is 0.680. The summed E-state index contributed by atoms with van der Waals surface area (Å²) < 4.78 is 37.1. The van der Waals surface area contributed by atoms with Gasteiger partial charge in [-0.1, -0.05) is 0 Å². The number of alkyl halides is 3. The number of hydrogen-bond donors (Lipinski definition) is 0. The Balaban J connectivity index is 3.31.